The predicted octanol–water partition coefficient (Wildman–Crippen LogP) is 5.05. The molecule has 3 N–H and O–H groups in total. The second-order valence-corrected chi connectivity index (χ2v) is 9.24. The number of benzene rings is 3. The molecule has 1 heterocycles. The van der Waals surface area contributed by atoms with E-state index in [-0.39, 0.29) is 5.69 Å². The highest BCUT2D eigenvalue weighted by Gasteiger charge is 2.21. The summed E-state index contributed by atoms with van der Waals surface area (Å²) >= 11 is 9.60. The zero-order chi connectivity index (χ0) is 24.9. The van der Waals surface area contributed by atoms with E-state index in [0.717, 1.165) is 15.6 Å². The summed E-state index contributed by atoms with van der Waals surface area (Å²) < 4.78 is 2.12. The fourth-order valence-electron chi connectivity index (χ4n) is 3.54. The molecular formula is C26H22BrClN4O3. The van der Waals surface area contributed by atoms with Crippen molar-refractivity contribution in [1.29, 1.82) is 0 Å². The van der Waals surface area contributed by atoms with Crippen LogP contribution in [0.4, 0.5) is 5.69 Å². The average Bonchev–Trinajstić information content (AvgIpc) is 3.19. The minimum absolute atomic E-state index is 0.153. The van der Waals surface area contributed by atoms with Crippen LogP contribution >= 0.6 is 27.5 Å². The van der Waals surface area contributed by atoms with Crippen LogP contribution in [0.1, 0.15) is 21.6 Å². The molecule has 0 saturated carbocycles. The Labute approximate surface area is 215 Å². The SMILES string of the molecule is Cc1ccc(NC(=O)c2cc3cc(Br)ccc3n2NC(=O)C(=O)NCCc2ccccc2)cc1Cl. The van der Waals surface area contributed by atoms with E-state index in [9.17, 15) is 14.4 Å². The number of carbonyl (C=O) groups excluding carboxylic acids is 3. The van der Waals surface area contributed by atoms with Crippen LogP contribution in [-0.4, -0.2) is 28.9 Å². The van der Waals surface area contributed by atoms with Gasteiger partial charge in [-0.1, -0.05) is 63.9 Å². The van der Waals surface area contributed by atoms with Gasteiger partial charge in [0.2, 0.25) is 0 Å². The van der Waals surface area contributed by atoms with Gasteiger partial charge in [-0.25, -0.2) is 4.68 Å². The second-order valence-electron chi connectivity index (χ2n) is 7.92. The molecule has 0 fully saturated rings. The lowest BCUT2D eigenvalue weighted by Crippen LogP contribution is -2.40. The van der Waals surface area contributed by atoms with Crippen molar-refractivity contribution in [3.63, 3.8) is 0 Å². The van der Waals surface area contributed by atoms with E-state index in [1.165, 1.54) is 4.68 Å². The molecule has 7 nitrogen and oxygen atoms in total. The normalized spacial score (nSPS) is 10.7. The molecule has 0 atom stereocenters. The summed E-state index contributed by atoms with van der Waals surface area (Å²) in [6.07, 6.45) is 0.590. The van der Waals surface area contributed by atoms with E-state index in [4.69, 9.17) is 11.6 Å². The summed E-state index contributed by atoms with van der Waals surface area (Å²) in [5, 5.41) is 6.63. The molecule has 0 aliphatic heterocycles. The van der Waals surface area contributed by atoms with Gasteiger partial charge < -0.3 is 10.6 Å². The summed E-state index contributed by atoms with van der Waals surface area (Å²) in [4.78, 5) is 38.2. The molecule has 4 rings (SSSR count). The third kappa shape index (κ3) is 5.90. The highest BCUT2D eigenvalue weighted by molar-refractivity contribution is 9.10. The molecule has 0 aliphatic rings. The Kier molecular flexibility index (Phi) is 7.53. The summed E-state index contributed by atoms with van der Waals surface area (Å²) in [6, 6.07) is 21.8. The maximum absolute atomic E-state index is 13.1. The molecule has 3 amide bonds. The van der Waals surface area contributed by atoms with Crippen molar-refractivity contribution in [1.82, 2.24) is 9.99 Å². The van der Waals surface area contributed by atoms with Crippen molar-refractivity contribution < 1.29 is 14.4 Å². The van der Waals surface area contributed by atoms with Gasteiger partial charge in [0.15, 0.2) is 0 Å². The van der Waals surface area contributed by atoms with Gasteiger partial charge in [-0.05, 0) is 60.9 Å². The maximum atomic E-state index is 13.1. The van der Waals surface area contributed by atoms with Crippen molar-refractivity contribution in [2.75, 3.05) is 17.3 Å². The fraction of sp³-hybridized carbons (Fsp3) is 0.115. The molecule has 0 unspecified atom stereocenters. The largest absolute Gasteiger partial charge is 0.347 e. The number of nitrogens with one attached hydrogen (secondary N) is 3. The van der Waals surface area contributed by atoms with Crippen LogP contribution in [0.5, 0.6) is 0 Å². The number of halogens is 2. The first kappa shape index (κ1) is 24.5. The van der Waals surface area contributed by atoms with Crippen molar-refractivity contribution in [3.05, 3.63) is 99.1 Å². The van der Waals surface area contributed by atoms with Crippen molar-refractivity contribution >= 4 is 61.8 Å². The number of nitrogens with zero attached hydrogens (tertiary/aromatic N) is 1. The van der Waals surface area contributed by atoms with Crippen LogP contribution in [0.25, 0.3) is 10.9 Å². The quantitative estimate of drug-likeness (QED) is 0.292. The number of amides is 3. The van der Waals surface area contributed by atoms with E-state index in [0.29, 0.717) is 34.6 Å². The standard InChI is InChI=1S/C26H22BrClN4O3/c1-16-7-9-20(15-21(16)28)30-24(33)23-14-18-13-19(27)8-10-22(18)32(23)31-26(35)25(34)29-12-11-17-5-3-2-4-6-17/h2-10,13-15H,11-12H2,1H3,(H,29,34)(H,30,33)(H,31,35). The number of carbonyl (C=O) groups is 3. The first-order chi connectivity index (χ1) is 16.8. The third-order valence-electron chi connectivity index (χ3n) is 5.39. The molecule has 0 radical (unpaired) electrons. The number of hydrogen-bond acceptors (Lipinski definition) is 3. The molecule has 0 saturated heterocycles. The van der Waals surface area contributed by atoms with Gasteiger partial charge >= 0.3 is 11.8 Å². The summed E-state index contributed by atoms with van der Waals surface area (Å²) in [5.41, 5.74) is 5.70. The van der Waals surface area contributed by atoms with E-state index in [1.807, 2.05) is 43.3 Å². The molecule has 9 heteroatoms. The van der Waals surface area contributed by atoms with Crippen molar-refractivity contribution in [2.45, 2.75) is 13.3 Å². The van der Waals surface area contributed by atoms with E-state index < -0.39 is 17.7 Å². The maximum Gasteiger partial charge on any atom is 0.328 e. The second kappa shape index (κ2) is 10.8. The Morgan fingerprint density at radius 2 is 1.71 bits per heavy atom. The lowest BCUT2D eigenvalue weighted by Gasteiger charge is -2.13. The minimum atomic E-state index is -0.883. The molecule has 178 valence electrons. The zero-order valence-corrected chi connectivity index (χ0v) is 21.1. The smallest absolute Gasteiger partial charge is 0.328 e. The highest BCUT2D eigenvalue weighted by Crippen LogP contribution is 2.25. The zero-order valence-electron chi connectivity index (χ0n) is 18.8. The van der Waals surface area contributed by atoms with Gasteiger partial charge in [-0.2, -0.15) is 0 Å². The van der Waals surface area contributed by atoms with Gasteiger partial charge in [0.1, 0.15) is 5.69 Å². The van der Waals surface area contributed by atoms with Crippen LogP contribution in [0.15, 0.2) is 77.3 Å². The number of rotatable bonds is 6. The van der Waals surface area contributed by atoms with Crippen LogP contribution in [0.3, 0.4) is 0 Å². The summed E-state index contributed by atoms with van der Waals surface area (Å²) in [7, 11) is 0. The Hall–Kier alpha value is -3.62. The monoisotopic (exact) mass is 552 g/mol. The molecule has 0 aliphatic carbocycles. The molecule has 1 aromatic heterocycles. The lowest BCUT2D eigenvalue weighted by atomic mass is 10.1. The van der Waals surface area contributed by atoms with Crippen molar-refractivity contribution in [3.8, 4) is 0 Å². The first-order valence-electron chi connectivity index (χ1n) is 10.8. The molecule has 4 aromatic rings. The highest BCUT2D eigenvalue weighted by atomic mass is 79.9. The lowest BCUT2D eigenvalue weighted by molar-refractivity contribution is -0.136. The van der Waals surface area contributed by atoms with Crippen LogP contribution < -0.4 is 16.1 Å². The van der Waals surface area contributed by atoms with E-state index in [2.05, 4.69) is 32.0 Å². The Balaban J connectivity index is 1.53. The van der Waals surface area contributed by atoms with Crippen LogP contribution in [0.2, 0.25) is 5.02 Å². The van der Waals surface area contributed by atoms with Crippen LogP contribution in [0, 0.1) is 6.92 Å². The van der Waals surface area contributed by atoms with Gasteiger partial charge in [-0.15, -0.1) is 0 Å². The summed E-state index contributed by atoms with van der Waals surface area (Å²) in [6.45, 7) is 2.17. The predicted molar refractivity (Wildman–Crippen MR) is 141 cm³/mol. The Bertz CT molecular complexity index is 1420. The molecule has 35 heavy (non-hydrogen) atoms. The van der Waals surface area contributed by atoms with E-state index in [1.54, 1.807) is 36.4 Å². The number of hydrogen-bond donors (Lipinski definition) is 3. The number of aromatic nitrogens is 1. The third-order valence-corrected chi connectivity index (χ3v) is 6.29. The fourth-order valence-corrected chi connectivity index (χ4v) is 4.10. The minimum Gasteiger partial charge on any atom is -0.347 e. The Morgan fingerprint density at radius 3 is 2.46 bits per heavy atom. The number of aryl methyl sites for hydroxylation is 1. The number of fused-ring (bicyclic) bond motifs is 1. The van der Waals surface area contributed by atoms with Crippen molar-refractivity contribution in [2.24, 2.45) is 0 Å². The average molecular weight is 554 g/mol. The first-order valence-corrected chi connectivity index (χ1v) is 12.0. The Morgan fingerprint density at radius 1 is 0.943 bits per heavy atom. The topological polar surface area (TPSA) is 92.2 Å². The number of anilines is 1. The molecular weight excluding hydrogens is 532 g/mol. The van der Waals surface area contributed by atoms with Gasteiger partial charge in [0.05, 0.1) is 5.52 Å². The molecule has 0 bridgehead atoms. The summed E-state index contributed by atoms with van der Waals surface area (Å²) in [5.74, 6) is -2.15. The molecule has 3 aromatic carbocycles. The van der Waals surface area contributed by atoms with E-state index >= 15 is 0 Å². The van der Waals surface area contributed by atoms with Gasteiger partial charge in [0, 0.05) is 27.1 Å². The van der Waals surface area contributed by atoms with Crippen LogP contribution in [-0.2, 0) is 16.0 Å². The molecule has 0 spiro atoms. The van der Waals surface area contributed by atoms with Gasteiger partial charge in [0.25, 0.3) is 5.91 Å². The van der Waals surface area contributed by atoms with Gasteiger partial charge in [-0.3, -0.25) is 19.8 Å².